The SMILES string of the molecule is CCCCN(CCCC)CC1CO1. The second-order valence-electron chi connectivity index (χ2n) is 3.96. The van der Waals surface area contributed by atoms with Crippen molar-refractivity contribution in [2.24, 2.45) is 0 Å². The van der Waals surface area contributed by atoms with Gasteiger partial charge < -0.3 is 9.64 Å². The fourth-order valence-electron chi connectivity index (χ4n) is 1.52. The lowest BCUT2D eigenvalue weighted by Gasteiger charge is -2.20. The van der Waals surface area contributed by atoms with Gasteiger partial charge in [0, 0.05) is 6.54 Å². The lowest BCUT2D eigenvalue weighted by atomic mass is 10.2. The molecule has 13 heavy (non-hydrogen) atoms. The molecule has 2 nitrogen and oxygen atoms in total. The second kappa shape index (κ2) is 6.39. The van der Waals surface area contributed by atoms with Gasteiger partial charge in [0.25, 0.3) is 0 Å². The summed E-state index contributed by atoms with van der Waals surface area (Å²) in [6.45, 7) is 9.19. The Morgan fingerprint density at radius 3 is 2.08 bits per heavy atom. The highest BCUT2D eigenvalue weighted by Gasteiger charge is 2.24. The Morgan fingerprint density at radius 1 is 1.15 bits per heavy atom. The molecule has 0 aromatic heterocycles. The molecule has 0 aliphatic carbocycles. The molecule has 0 saturated carbocycles. The first-order chi connectivity index (χ1) is 6.36. The molecule has 1 aliphatic rings. The first-order valence-corrected chi connectivity index (χ1v) is 5.70. The molecule has 1 saturated heterocycles. The maximum atomic E-state index is 5.26. The average Bonchev–Trinajstić information content (AvgIpc) is 2.93. The highest BCUT2D eigenvalue weighted by atomic mass is 16.6. The Morgan fingerprint density at radius 2 is 1.69 bits per heavy atom. The smallest absolute Gasteiger partial charge is 0.0936 e. The average molecular weight is 185 g/mol. The van der Waals surface area contributed by atoms with Gasteiger partial charge >= 0.3 is 0 Å². The van der Waals surface area contributed by atoms with Crippen LogP contribution in [0, 0.1) is 0 Å². The van der Waals surface area contributed by atoms with Crippen LogP contribution in [0.1, 0.15) is 39.5 Å². The summed E-state index contributed by atoms with van der Waals surface area (Å²) < 4.78 is 5.26. The van der Waals surface area contributed by atoms with Crippen molar-refractivity contribution in [3.05, 3.63) is 0 Å². The number of unbranched alkanes of at least 4 members (excludes halogenated alkanes) is 2. The predicted octanol–water partition coefficient (Wildman–Crippen LogP) is 2.29. The second-order valence-corrected chi connectivity index (χ2v) is 3.96. The zero-order valence-electron chi connectivity index (χ0n) is 9.09. The number of rotatable bonds is 8. The van der Waals surface area contributed by atoms with Crippen molar-refractivity contribution in [1.82, 2.24) is 4.90 Å². The van der Waals surface area contributed by atoms with Gasteiger partial charge in [0.1, 0.15) is 0 Å². The Kier molecular flexibility index (Phi) is 5.40. The Bertz CT molecular complexity index is 115. The molecule has 0 amide bonds. The zero-order valence-corrected chi connectivity index (χ0v) is 9.09. The third-order valence-electron chi connectivity index (χ3n) is 2.52. The van der Waals surface area contributed by atoms with Crippen molar-refractivity contribution in [3.8, 4) is 0 Å². The molecule has 0 aromatic carbocycles. The van der Waals surface area contributed by atoms with Crippen molar-refractivity contribution in [3.63, 3.8) is 0 Å². The molecule has 0 spiro atoms. The standard InChI is InChI=1S/C11H23NO/c1-3-5-7-12(8-6-4-2)9-11-10-13-11/h11H,3-10H2,1-2H3. The molecule has 0 bridgehead atoms. The van der Waals surface area contributed by atoms with Gasteiger partial charge in [0.05, 0.1) is 12.7 Å². The van der Waals surface area contributed by atoms with E-state index in [0.29, 0.717) is 6.10 Å². The van der Waals surface area contributed by atoms with Crippen LogP contribution in [0.4, 0.5) is 0 Å². The maximum Gasteiger partial charge on any atom is 0.0936 e. The van der Waals surface area contributed by atoms with Crippen LogP contribution < -0.4 is 0 Å². The van der Waals surface area contributed by atoms with Crippen molar-refractivity contribution >= 4 is 0 Å². The van der Waals surface area contributed by atoms with E-state index < -0.39 is 0 Å². The van der Waals surface area contributed by atoms with Crippen LogP contribution in [-0.2, 0) is 4.74 Å². The number of epoxide rings is 1. The van der Waals surface area contributed by atoms with Crippen molar-refractivity contribution in [2.45, 2.75) is 45.6 Å². The molecule has 78 valence electrons. The molecular formula is C11H23NO. The van der Waals surface area contributed by atoms with Crippen molar-refractivity contribution in [1.29, 1.82) is 0 Å². The predicted molar refractivity (Wildman–Crippen MR) is 56.0 cm³/mol. The molecule has 1 rings (SSSR count). The normalized spacial score (nSPS) is 21.0. The minimum Gasteiger partial charge on any atom is -0.372 e. The van der Waals surface area contributed by atoms with E-state index in [1.807, 2.05) is 0 Å². The van der Waals surface area contributed by atoms with Crippen LogP contribution in [0.2, 0.25) is 0 Å². The van der Waals surface area contributed by atoms with E-state index in [9.17, 15) is 0 Å². The van der Waals surface area contributed by atoms with Gasteiger partial charge in [-0.1, -0.05) is 26.7 Å². The highest BCUT2D eigenvalue weighted by molar-refractivity contribution is 4.74. The maximum absolute atomic E-state index is 5.26. The Balaban J connectivity index is 2.08. The van der Waals surface area contributed by atoms with Crippen LogP contribution in [0.15, 0.2) is 0 Å². The van der Waals surface area contributed by atoms with Crippen LogP contribution in [0.25, 0.3) is 0 Å². The number of ether oxygens (including phenoxy) is 1. The summed E-state index contributed by atoms with van der Waals surface area (Å²) in [7, 11) is 0. The quantitative estimate of drug-likeness (QED) is 0.539. The van der Waals surface area contributed by atoms with E-state index in [-0.39, 0.29) is 0 Å². The minimum atomic E-state index is 0.564. The summed E-state index contributed by atoms with van der Waals surface area (Å²) in [5.74, 6) is 0. The minimum absolute atomic E-state index is 0.564. The van der Waals surface area contributed by atoms with E-state index in [1.54, 1.807) is 0 Å². The first-order valence-electron chi connectivity index (χ1n) is 5.70. The lowest BCUT2D eigenvalue weighted by molar-refractivity contribution is 0.236. The fourth-order valence-corrected chi connectivity index (χ4v) is 1.52. The Hall–Kier alpha value is -0.0800. The lowest BCUT2D eigenvalue weighted by Crippen LogP contribution is -2.30. The summed E-state index contributed by atoms with van der Waals surface area (Å²) in [6, 6.07) is 0. The van der Waals surface area contributed by atoms with Crippen LogP contribution in [-0.4, -0.2) is 37.2 Å². The van der Waals surface area contributed by atoms with Gasteiger partial charge in [-0.3, -0.25) is 0 Å². The van der Waals surface area contributed by atoms with E-state index in [4.69, 9.17) is 4.74 Å². The van der Waals surface area contributed by atoms with Gasteiger partial charge in [0.2, 0.25) is 0 Å². The molecule has 0 radical (unpaired) electrons. The molecule has 1 atom stereocenters. The number of hydrogen-bond donors (Lipinski definition) is 0. The molecule has 1 aliphatic heterocycles. The molecule has 1 unspecified atom stereocenters. The largest absolute Gasteiger partial charge is 0.372 e. The van der Waals surface area contributed by atoms with Gasteiger partial charge in [-0.15, -0.1) is 0 Å². The molecule has 1 fully saturated rings. The number of nitrogens with zero attached hydrogens (tertiary/aromatic N) is 1. The summed E-state index contributed by atoms with van der Waals surface area (Å²) in [5, 5.41) is 0. The number of hydrogen-bond acceptors (Lipinski definition) is 2. The van der Waals surface area contributed by atoms with Crippen molar-refractivity contribution in [2.75, 3.05) is 26.2 Å². The summed E-state index contributed by atoms with van der Waals surface area (Å²) in [6.07, 6.45) is 5.82. The van der Waals surface area contributed by atoms with E-state index in [1.165, 1.54) is 45.3 Å². The summed E-state index contributed by atoms with van der Waals surface area (Å²) in [5.41, 5.74) is 0. The highest BCUT2D eigenvalue weighted by Crippen LogP contribution is 2.11. The van der Waals surface area contributed by atoms with E-state index >= 15 is 0 Å². The van der Waals surface area contributed by atoms with Crippen LogP contribution in [0.3, 0.4) is 0 Å². The molecule has 0 N–H and O–H groups in total. The van der Waals surface area contributed by atoms with Gasteiger partial charge in [-0.2, -0.15) is 0 Å². The fraction of sp³-hybridized carbons (Fsp3) is 1.00. The van der Waals surface area contributed by atoms with Gasteiger partial charge in [-0.25, -0.2) is 0 Å². The third kappa shape index (κ3) is 5.27. The molecule has 0 aromatic rings. The zero-order chi connectivity index (χ0) is 9.52. The van der Waals surface area contributed by atoms with Crippen LogP contribution in [0.5, 0.6) is 0 Å². The van der Waals surface area contributed by atoms with Crippen molar-refractivity contribution < 1.29 is 4.74 Å². The van der Waals surface area contributed by atoms with Gasteiger partial charge in [-0.05, 0) is 25.9 Å². The van der Waals surface area contributed by atoms with E-state index in [0.717, 1.165) is 6.61 Å². The molecule has 1 heterocycles. The van der Waals surface area contributed by atoms with E-state index in [2.05, 4.69) is 18.7 Å². The summed E-state index contributed by atoms with van der Waals surface area (Å²) >= 11 is 0. The molecule has 2 heteroatoms. The van der Waals surface area contributed by atoms with Gasteiger partial charge in [0.15, 0.2) is 0 Å². The Labute approximate surface area is 82.3 Å². The monoisotopic (exact) mass is 185 g/mol. The third-order valence-corrected chi connectivity index (χ3v) is 2.52. The first kappa shape index (κ1) is 11.0. The molecular weight excluding hydrogens is 162 g/mol. The summed E-state index contributed by atoms with van der Waals surface area (Å²) in [4.78, 5) is 2.56. The topological polar surface area (TPSA) is 15.8 Å². The van der Waals surface area contributed by atoms with Crippen LogP contribution >= 0.6 is 0 Å².